The molecule has 1 aromatic heterocycles. The molecule has 0 radical (unpaired) electrons. The van der Waals surface area contributed by atoms with Gasteiger partial charge in [0.15, 0.2) is 11.6 Å². The van der Waals surface area contributed by atoms with E-state index in [1.807, 2.05) is 20.8 Å². The molecule has 3 rings (SSSR count). The first-order valence-electron chi connectivity index (χ1n) is 7.18. The molecule has 5 nitrogen and oxygen atoms in total. The summed E-state index contributed by atoms with van der Waals surface area (Å²) in [6.07, 6.45) is 1.68. The van der Waals surface area contributed by atoms with E-state index in [2.05, 4.69) is 16.5 Å². The summed E-state index contributed by atoms with van der Waals surface area (Å²) in [4.78, 5) is 17.7. The molecule has 0 amide bonds. The number of aromatic amines is 1. The van der Waals surface area contributed by atoms with E-state index < -0.39 is 11.5 Å². The third-order valence-corrected chi connectivity index (χ3v) is 3.25. The zero-order valence-electron chi connectivity index (χ0n) is 13.2. The van der Waals surface area contributed by atoms with Gasteiger partial charge in [-0.1, -0.05) is 27.4 Å². The van der Waals surface area contributed by atoms with Gasteiger partial charge in [0, 0.05) is 17.0 Å². The Morgan fingerprint density at radius 3 is 2.83 bits per heavy atom. The normalized spacial score (nSPS) is 12.7. The van der Waals surface area contributed by atoms with Crippen LogP contribution in [0.2, 0.25) is 0 Å². The van der Waals surface area contributed by atoms with Crippen molar-refractivity contribution in [3.05, 3.63) is 44.6 Å². The molecule has 0 unspecified atom stereocenters. The molecule has 0 saturated heterocycles. The Morgan fingerprint density at radius 1 is 1.39 bits per heavy atom. The molecule has 2 heterocycles. The second-order valence-corrected chi connectivity index (χ2v) is 6.66. The number of rotatable bonds is 2. The Kier molecular flexibility index (Phi) is 3.47. The first-order valence-corrected chi connectivity index (χ1v) is 7.18. The Hall–Kier alpha value is -2.63. The van der Waals surface area contributed by atoms with Gasteiger partial charge in [-0.05, 0) is 17.6 Å². The highest BCUT2D eigenvalue weighted by Gasteiger charge is 2.19. The summed E-state index contributed by atoms with van der Waals surface area (Å²) in [5.74, 6) is 0.175. The summed E-state index contributed by atoms with van der Waals surface area (Å²) in [6, 6.07) is 2.81. The lowest BCUT2D eigenvalue weighted by Gasteiger charge is -2.20. The molecule has 23 heavy (non-hydrogen) atoms. The van der Waals surface area contributed by atoms with Crippen LogP contribution in [0.1, 0.15) is 26.3 Å². The minimum absolute atomic E-state index is 0.0977. The van der Waals surface area contributed by atoms with E-state index in [9.17, 15) is 9.18 Å². The predicted molar refractivity (Wildman–Crippen MR) is 84.6 cm³/mol. The first kappa shape index (κ1) is 15.3. The fourth-order valence-electron chi connectivity index (χ4n) is 2.15. The molecule has 1 aromatic carbocycles. The average molecular weight is 316 g/mol. The van der Waals surface area contributed by atoms with Crippen LogP contribution in [-0.4, -0.2) is 16.6 Å². The first-order chi connectivity index (χ1) is 10.7. The van der Waals surface area contributed by atoms with E-state index in [0.29, 0.717) is 28.5 Å². The van der Waals surface area contributed by atoms with Gasteiger partial charge in [-0.3, -0.25) is 0 Å². The largest absolute Gasteiger partial charge is 0.490 e. The smallest absolute Gasteiger partial charge is 0.348 e. The van der Waals surface area contributed by atoms with E-state index in [0.717, 1.165) is 0 Å². The van der Waals surface area contributed by atoms with Gasteiger partial charge in [0.05, 0.1) is 11.8 Å². The van der Waals surface area contributed by atoms with Crippen LogP contribution in [0.3, 0.4) is 0 Å². The highest BCUT2D eigenvalue weighted by molar-refractivity contribution is 5.63. The number of hydrogen-bond acceptors (Lipinski definition) is 4. The highest BCUT2D eigenvalue weighted by Crippen LogP contribution is 2.33. The number of hydrogen-bond donors (Lipinski definition) is 1. The van der Waals surface area contributed by atoms with E-state index in [1.54, 1.807) is 6.08 Å². The Morgan fingerprint density at radius 2 is 2.13 bits per heavy atom. The lowest BCUT2D eigenvalue weighted by molar-refractivity contribution is 0.190. The summed E-state index contributed by atoms with van der Waals surface area (Å²) in [5, 5.41) is 0.902. The minimum Gasteiger partial charge on any atom is -0.490 e. The van der Waals surface area contributed by atoms with E-state index in [4.69, 9.17) is 9.47 Å². The molecule has 2 aromatic rings. The molecule has 6 heteroatoms. The SMILES string of the molecule is C=c1[nH]c(=O)nc2c1=Cc1cc(F)c(OCC(C)(C)C)cc1O2. The molecule has 0 atom stereocenters. The van der Waals surface area contributed by atoms with Gasteiger partial charge < -0.3 is 14.5 Å². The quantitative estimate of drug-likeness (QED) is 0.781. The van der Waals surface area contributed by atoms with Crippen LogP contribution in [0.4, 0.5) is 4.39 Å². The summed E-state index contributed by atoms with van der Waals surface area (Å²) in [5.41, 5.74) is -0.103. The number of nitrogens with zero attached hydrogens (tertiary/aromatic N) is 1. The molecule has 1 N–H and O–H groups in total. The van der Waals surface area contributed by atoms with Crippen molar-refractivity contribution in [3.8, 4) is 17.4 Å². The molecular formula is C17H17FN2O3. The lowest BCUT2D eigenvalue weighted by atomic mass is 9.99. The number of fused-ring (bicyclic) bond motifs is 2. The minimum atomic E-state index is -0.545. The summed E-state index contributed by atoms with van der Waals surface area (Å²) in [7, 11) is 0. The second-order valence-electron chi connectivity index (χ2n) is 6.66. The van der Waals surface area contributed by atoms with Crippen LogP contribution in [0.25, 0.3) is 12.7 Å². The van der Waals surface area contributed by atoms with Gasteiger partial charge in [-0.2, -0.15) is 4.98 Å². The number of aromatic nitrogens is 2. The van der Waals surface area contributed by atoms with Gasteiger partial charge in [0.25, 0.3) is 0 Å². The van der Waals surface area contributed by atoms with Crippen molar-refractivity contribution in [2.45, 2.75) is 20.8 Å². The van der Waals surface area contributed by atoms with Gasteiger partial charge in [-0.15, -0.1) is 0 Å². The number of halogens is 1. The van der Waals surface area contributed by atoms with Crippen molar-refractivity contribution < 1.29 is 13.9 Å². The monoisotopic (exact) mass is 316 g/mol. The zero-order chi connectivity index (χ0) is 16.8. The van der Waals surface area contributed by atoms with Gasteiger partial charge in [0.1, 0.15) is 5.75 Å². The molecule has 0 spiro atoms. The van der Waals surface area contributed by atoms with Crippen LogP contribution in [0.5, 0.6) is 17.4 Å². The predicted octanol–water partition coefficient (Wildman–Crippen LogP) is 1.68. The maximum absolute atomic E-state index is 14.2. The molecule has 0 aliphatic carbocycles. The fraction of sp³-hybridized carbons (Fsp3) is 0.294. The molecule has 1 aliphatic heterocycles. The maximum Gasteiger partial charge on any atom is 0.348 e. The summed E-state index contributed by atoms with van der Waals surface area (Å²) < 4.78 is 25.4. The van der Waals surface area contributed by atoms with E-state index >= 15 is 0 Å². The standard InChI is InChI=1S/C17H17FN2O3/c1-9-11-5-10-6-12(18)14(22-8-17(2,3)4)7-13(10)23-15(11)20-16(21)19-9/h5-7H,1,8H2,2-4H3,(H,19,21). The topological polar surface area (TPSA) is 64.2 Å². The number of nitrogens with one attached hydrogen (secondary N) is 1. The Bertz CT molecular complexity index is 942. The molecule has 1 aliphatic rings. The van der Waals surface area contributed by atoms with E-state index in [1.165, 1.54) is 12.1 Å². The van der Waals surface area contributed by atoms with Gasteiger partial charge in [-0.25, -0.2) is 9.18 Å². The molecule has 120 valence electrons. The second kappa shape index (κ2) is 5.22. The number of ether oxygens (including phenoxy) is 2. The van der Waals surface area contributed by atoms with Crippen LogP contribution >= 0.6 is 0 Å². The van der Waals surface area contributed by atoms with Crippen LogP contribution in [0, 0.1) is 11.2 Å². The van der Waals surface area contributed by atoms with Crippen molar-refractivity contribution in [2.75, 3.05) is 6.61 Å². The summed E-state index contributed by atoms with van der Waals surface area (Å²) >= 11 is 0. The van der Waals surface area contributed by atoms with Gasteiger partial charge in [0.2, 0.25) is 5.88 Å². The molecule has 0 bridgehead atoms. The van der Waals surface area contributed by atoms with Crippen molar-refractivity contribution >= 4 is 12.7 Å². The zero-order valence-corrected chi connectivity index (χ0v) is 13.2. The fourth-order valence-corrected chi connectivity index (χ4v) is 2.15. The Labute approximate surface area is 132 Å². The highest BCUT2D eigenvalue weighted by atomic mass is 19.1. The van der Waals surface area contributed by atoms with Gasteiger partial charge >= 0.3 is 5.69 Å². The van der Waals surface area contributed by atoms with Crippen LogP contribution < -0.4 is 25.7 Å². The molecular weight excluding hydrogens is 299 g/mol. The molecule has 0 saturated carbocycles. The Balaban J connectivity index is 2.05. The average Bonchev–Trinajstić information content (AvgIpc) is 2.42. The molecule has 0 fully saturated rings. The lowest BCUT2D eigenvalue weighted by Crippen LogP contribution is -2.37. The van der Waals surface area contributed by atoms with Crippen molar-refractivity contribution in [1.29, 1.82) is 0 Å². The van der Waals surface area contributed by atoms with Crippen molar-refractivity contribution in [2.24, 2.45) is 5.41 Å². The van der Waals surface area contributed by atoms with E-state index in [-0.39, 0.29) is 17.0 Å². The van der Waals surface area contributed by atoms with Crippen LogP contribution in [0.15, 0.2) is 16.9 Å². The van der Waals surface area contributed by atoms with Crippen LogP contribution in [-0.2, 0) is 0 Å². The summed E-state index contributed by atoms with van der Waals surface area (Å²) in [6.45, 7) is 10.1. The third-order valence-electron chi connectivity index (χ3n) is 3.25. The number of benzene rings is 1. The third kappa shape index (κ3) is 3.11. The van der Waals surface area contributed by atoms with Crippen molar-refractivity contribution in [3.63, 3.8) is 0 Å². The maximum atomic E-state index is 14.2. The van der Waals surface area contributed by atoms with Crippen molar-refractivity contribution in [1.82, 2.24) is 9.97 Å². The number of H-pyrrole nitrogens is 1.